The molecule has 1 heterocycles. The van der Waals surface area contributed by atoms with Crippen molar-refractivity contribution in [1.29, 1.82) is 5.26 Å². The third-order valence-corrected chi connectivity index (χ3v) is 5.19. The molecule has 0 unspecified atom stereocenters. The number of benzene rings is 3. The number of carbonyl (C=O) groups excluding carboxylic acids is 2. The maximum absolute atomic E-state index is 13.0. The zero-order valence-corrected chi connectivity index (χ0v) is 17.8. The van der Waals surface area contributed by atoms with Crippen LogP contribution in [0.3, 0.4) is 0 Å². The lowest BCUT2D eigenvalue weighted by atomic mass is 10.0. The fraction of sp³-hybridized carbons (Fsp3) is 0.0417. The van der Waals surface area contributed by atoms with Gasteiger partial charge in [-0.25, -0.2) is 4.98 Å². The highest BCUT2D eigenvalue weighted by molar-refractivity contribution is 6.31. The van der Waals surface area contributed by atoms with E-state index in [9.17, 15) is 22.8 Å². The highest BCUT2D eigenvalue weighted by Crippen LogP contribution is 2.35. The molecule has 0 aliphatic heterocycles. The Balaban J connectivity index is 1.52. The van der Waals surface area contributed by atoms with E-state index in [1.165, 1.54) is 42.6 Å². The molecule has 34 heavy (non-hydrogen) atoms. The van der Waals surface area contributed by atoms with Crippen molar-refractivity contribution in [2.24, 2.45) is 0 Å². The number of halogens is 4. The smallest absolute Gasteiger partial charge is 0.322 e. The Morgan fingerprint density at radius 1 is 0.912 bits per heavy atom. The number of anilines is 1. The van der Waals surface area contributed by atoms with Crippen molar-refractivity contribution in [3.8, 4) is 6.07 Å². The van der Waals surface area contributed by atoms with Crippen LogP contribution in [0.1, 0.15) is 37.5 Å². The number of rotatable bonds is 4. The molecule has 0 spiro atoms. The summed E-state index contributed by atoms with van der Waals surface area (Å²) in [6, 6.07) is 15.4. The standard InChI is InChI=1S/C24H12ClF3N4O2/c25-19-7-3-15(9-18(19)24(26,27)28)23(34)32-16-5-1-13(2-6-16)22(33)14-4-8-20-21(10-14)31-17(11-29)12-30-20/h1-10,12H,(H,32,34). The topological polar surface area (TPSA) is 95.7 Å². The van der Waals surface area contributed by atoms with Gasteiger partial charge in [0, 0.05) is 22.4 Å². The summed E-state index contributed by atoms with van der Waals surface area (Å²) in [6.07, 6.45) is -3.36. The Kier molecular flexibility index (Phi) is 6.01. The second-order valence-corrected chi connectivity index (χ2v) is 7.53. The van der Waals surface area contributed by atoms with Crippen LogP contribution in [0.2, 0.25) is 5.02 Å². The zero-order chi connectivity index (χ0) is 24.5. The Bertz CT molecular complexity index is 1480. The number of alkyl halides is 3. The molecule has 0 fully saturated rings. The van der Waals surface area contributed by atoms with E-state index in [1.807, 2.05) is 6.07 Å². The lowest BCUT2D eigenvalue weighted by molar-refractivity contribution is -0.137. The number of nitriles is 1. The van der Waals surface area contributed by atoms with E-state index in [0.717, 1.165) is 6.07 Å². The molecule has 4 aromatic rings. The van der Waals surface area contributed by atoms with Crippen LogP contribution in [-0.4, -0.2) is 21.7 Å². The summed E-state index contributed by atoms with van der Waals surface area (Å²) in [6.45, 7) is 0. The lowest BCUT2D eigenvalue weighted by Crippen LogP contribution is -2.14. The second kappa shape index (κ2) is 8.92. The predicted octanol–water partition coefficient (Wildman–Crippen LogP) is 5.66. The molecular formula is C24H12ClF3N4O2. The molecule has 0 atom stereocenters. The van der Waals surface area contributed by atoms with Gasteiger partial charge >= 0.3 is 6.18 Å². The Hall–Kier alpha value is -4.29. The van der Waals surface area contributed by atoms with E-state index in [-0.39, 0.29) is 22.7 Å². The predicted molar refractivity (Wildman–Crippen MR) is 119 cm³/mol. The van der Waals surface area contributed by atoms with Crippen molar-refractivity contribution in [3.05, 3.63) is 99.8 Å². The Morgan fingerprint density at radius 3 is 2.26 bits per heavy atom. The largest absolute Gasteiger partial charge is 0.417 e. The summed E-state index contributed by atoms with van der Waals surface area (Å²) >= 11 is 5.59. The van der Waals surface area contributed by atoms with E-state index in [4.69, 9.17) is 16.9 Å². The minimum Gasteiger partial charge on any atom is -0.322 e. The van der Waals surface area contributed by atoms with Gasteiger partial charge in [0.1, 0.15) is 6.07 Å². The number of aromatic nitrogens is 2. The summed E-state index contributed by atoms with van der Waals surface area (Å²) < 4.78 is 39.1. The highest BCUT2D eigenvalue weighted by Gasteiger charge is 2.33. The van der Waals surface area contributed by atoms with Crippen LogP contribution in [0, 0.1) is 11.3 Å². The molecular weight excluding hydrogens is 469 g/mol. The van der Waals surface area contributed by atoms with Crippen LogP contribution in [-0.2, 0) is 6.18 Å². The molecule has 0 aliphatic rings. The molecule has 3 aromatic carbocycles. The van der Waals surface area contributed by atoms with Gasteiger partial charge in [-0.3, -0.25) is 14.6 Å². The first kappa shape index (κ1) is 22.9. The summed E-state index contributed by atoms with van der Waals surface area (Å²) in [5, 5.41) is 11.0. The second-order valence-electron chi connectivity index (χ2n) is 7.12. The SMILES string of the molecule is N#Cc1cnc2ccc(C(=O)c3ccc(NC(=O)c4ccc(Cl)c(C(F)(F)F)c4)cc3)cc2n1. The maximum atomic E-state index is 13.0. The summed E-state index contributed by atoms with van der Waals surface area (Å²) in [7, 11) is 0. The third-order valence-electron chi connectivity index (χ3n) is 4.86. The van der Waals surface area contributed by atoms with Crippen molar-refractivity contribution in [2.45, 2.75) is 6.18 Å². The van der Waals surface area contributed by atoms with Gasteiger partial charge in [0.15, 0.2) is 11.5 Å². The van der Waals surface area contributed by atoms with E-state index >= 15 is 0 Å². The molecule has 10 heteroatoms. The van der Waals surface area contributed by atoms with Crippen molar-refractivity contribution in [3.63, 3.8) is 0 Å². The number of ketones is 1. The normalized spacial score (nSPS) is 11.1. The van der Waals surface area contributed by atoms with E-state index in [1.54, 1.807) is 12.1 Å². The fourth-order valence-corrected chi connectivity index (χ4v) is 3.39. The zero-order valence-electron chi connectivity index (χ0n) is 17.0. The summed E-state index contributed by atoms with van der Waals surface area (Å²) in [4.78, 5) is 33.5. The van der Waals surface area contributed by atoms with E-state index in [2.05, 4.69) is 15.3 Å². The monoisotopic (exact) mass is 480 g/mol. The van der Waals surface area contributed by atoms with Gasteiger partial charge in [0.25, 0.3) is 5.91 Å². The molecule has 4 rings (SSSR count). The Morgan fingerprint density at radius 2 is 1.59 bits per heavy atom. The number of fused-ring (bicyclic) bond motifs is 1. The van der Waals surface area contributed by atoms with Crippen LogP contribution in [0.5, 0.6) is 0 Å². The Labute approximate surface area is 195 Å². The van der Waals surface area contributed by atoms with E-state index < -0.39 is 22.7 Å². The van der Waals surface area contributed by atoms with Gasteiger partial charge in [-0.05, 0) is 60.7 Å². The number of nitrogens with zero attached hydrogens (tertiary/aromatic N) is 3. The number of nitrogens with one attached hydrogen (secondary N) is 1. The highest BCUT2D eigenvalue weighted by atomic mass is 35.5. The van der Waals surface area contributed by atoms with Gasteiger partial charge in [0.2, 0.25) is 0 Å². The molecule has 6 nitrogen and oxygen atoms in total. The van der Waals surface area contributed by atoms with Crippen LogP contribution >= 0.6 is 11.6 Å². The number of carbonyl (C=O) groups is 2. The fourth-order valence-electron chi connectivity index (χ4n) is 3.17. The summed E-state index contributed by atoms with van der Waals surface area (Å²) in [5.74, 6) is -1.08. The molecule has 1 aromatic heterocycles. The molecule has 1 amide bonds. The van der Waals surface area contributed by atoms with Crippen molar-refractivity contribution in [2.75, 3.05) is 5.32 Å². The van der Waals surface area contributed by atoms with Gasteiger partial charge in [-0.2, -0.15) is 18.4 Å². The third kappa shape index (κ3) is 4.72. The summed E-state index contributed by atoms with van der Waals surface area (Å²) in [5.41, 5.74) is 0.658. The molecule has 1 N–H and O–H groups in total. The number of amides is 1. The minimum absolute atomic E-state index is 0.125. The quantitative estimate of drug-likeness (QED) is 0.380. The molecule has 0 saturated heterocycles. The minimum atomic E-state index is -4.69. The van der Waals surface area contributed by atoms with Crippen molar-refractivity contribution in [1.82, 2.24) is 9.97 Å². The van der Waals surface area contributed by atoms with Crippen molar-refractivity contribution < 1.29 is 22.8 Å². The van der Waals surface area contributed by atoms with Crippen molar-refractivity contribution >= 4 is 40.0 Å². The van der Waals surface area contributed by atoms with Gasteiger partial charge in [-0.15, -0.1) is 0 Å². The molecule has 168 valence electrons. The van der Waals surface area contributed by atoms with E-state index in [0.29, 0.717) is 28.2 Å². The van der Waals surface area contributed by atoms with Gasteiger partial charge < -0.3 is 5.32 Å². The van der Waals surface area contributed by atoms with Crippen LogP contribution in [0.4, 0.5) is 18.9 Å². The average Bonchev–Trinajstić information content (AvgIpc) is 2.82. The van der Waals surface area contributed by atoms with Gasteiger partial charge in [0.05, 0.1) is 27.8 Å². The average molecular weight is 481 g/mol. The molecule has 0 bridgehead atoms. The van der Waals surface area contributed by atoms with Crippen LogP contribution in [0.25, 0.3) is 11.0 Å². The van der Waals surface area contributed by atoms with Gasteiger partial charge in [-0.1, -0.05) is 11.6 Å². The molecule has 0 radical (unpaired) electrons. The number of hydrogen-bond acceptors (Lipinski definition) is 5. The first-order chi connectivity index (χ1) is 16.2. The molecule has 0 saturated carbocycles. The maximum Gasteiger partial charge on any atom is 0.417 e. The number of hydrogen-bond donors (Lipinski definition) is 1. The molecule has 0 aliphatic carbocycles. The first-order valence-corrected chi connectivity index (χ1v) is 10.0. The van der Waals surface area contributed by atoms with Crippen LogP contribution in [0.15, 0.2) is 66.9 Å². The lowest BCUT2D eigenvalue weighted by Gasteiger charge is -2.11. The first-order valence-electron chi connectivity index (χ1n) is 9.65. The van der Waals surface area contributed by atoms with Crippen LogP contribution < -0.4 is 5.32 Å².